The van der Waals surface area contributed by atoms with Crippen molar-refractivity contribution in [3.8, 4) is 11.3 Å². The zero-order valence-electron chi connectivity index (χ0n) is 25.5. The maximum absolute atomic E-state index is 14.7. The van der Waals surface area contributed by atoms with Gasteiger partial charge in [0.25, 0.3) is 0 Å². The summed E-state index contributed by atoms with van der Waals surface area (Å²) in [7, 11) is -1.95. The molecule has 4 rings (SSSR count). The first-order chi connectivity index (χ1) is 19.6. The number of pyridine rings is 2. The van der Waals surface area contributed by atoms with Gasteiger partial charge >= 0.3 is 0 Å². The first-order valence-electron chi connectivity index (χ1n) is 14.3. The van der Waals surface area contributed by atoms with Gasteiger partial charge in [0.15, 0.2) is 14.1 Å². The summed E-state index contributed by atoms with van der Waals surface area (Å²) in [4.78, 5) is 24.0. The van der Waals surface area contributed by atoms with E-state index in [2.05, 4.69) is 69.2 Å². The normalized spacial score (nSPS) is 19.6. The van der Waals surface area contributed by atoms with E-state index in [4.69, 9.17) is 4.43 Å². The van der Waals surface area contributed by atoms with Crippen molar-refractivity contribution < 1.29 is 22.4 Å². The van der Waals surface area contributed by atoms with Gasteiger partial charge in [-0.05, 0) is 65.9 Å². The molecule has 0 N–H and O–H groups in total. The zero-order valence-corrected chi connectivity index (χ0v) is 26.5. The quantitative estimate of drug-likeness (QED) is 0.195. The summed E-state index contributed by atoms with van der Waals surface area (Å²) in [5.74, 6) is -2.79. The molecule has 1 aliphatic heterocycles. The summed E-state index contributed by atoms with van der Waals surface area (Å²) in [5, 5.41) is 0.114. The van der Waals surface area contributed by atoms with Crippen molar-refractivity contribution in [2.45, 2.75) is 65.3 Å². The largest absolute Gasteiger partial charge is 0.413 e. The standard InChI is InChI=1S/C33H40F3N3O2Si/c1-9-22-14-25(35)30(26(36)15-22)31-24(34)10-11-27(38-31)29(40)16-23-17-37-13-12-28(23)39-18-20(2)32(21(3)19-39)41-42(7,8)33(4,5)6/h9-15,17,20-21,32H,1,16,18-19H2,2-8H3/t20-,21+,32?. The molecule has 3 heterocycles. The Morgan fingerprint density at radius 1 is 1.07 bits per heavy atom. The molecule has 5 nitrogen and oxygen atoms in total. The van der Waals surface area contributed by atoms with Crippen LogP contribution in [0.5, 0.6) is 0 Å². The maximum Gasteiger partial charge on any atom is 0.192 e. The number of carbonyl (C=O) groups excluding carboxylic acids is 1. The second-order valence-corrected chi connectivity index (χ2v) is 17.7. The minimum Gasteiger partial charge on any atom is -0.413 e. The van der Waals surface area contributed by atoms with E-state index >= 15 is 0 Å². The third-order valence-corrected chi connectivity index (χ3v) is 13.1. The predicted octanol–water partition coefficient (Wildman–Crippen LogP) is 8.11. The Kier molecular flexibility index (Phi) is 9.13. The Morgan fingerprint density at radius 2 is 1.69 bits per heavy atom. The van der Waals surface area contributed by atoms with Gasteiger partial charge in [0.05, 0.1) is 11.7 Å². The molecule has 0 bridgehead atoms. The number of nitrogens with zero attached hydrogens (tertiary/aromatic N) is 3. The van der Waals surface area contributed by atoms with Crippen molar-refractivity contribution in [1.29, 1.82) is 0 Å². The number of aromatic nitrogens is 2. The maximum atomic E-state index is 14.7. The topological polar surface area (TPSA) is 55.3 Å². The van der Waals surface area contributed by atoms with E-state index in [1.807, 2.05) is 6.07 Å². The number of halogens is 3. The number of piperidine rings is 1. The smallest absolute Gasteiger partial charge is 0.192 e. The zero-order chi connectivity index (χ0) is 31.0. The fourth-order valence-corrected chi connectivity index (χ4v) is 6.82. The molecule has 2 aromatic heterocycles. The summed E-state index contributed by atoms with van der Waals surface area (Å²) in [5.41, 5.74) is 0.541. The number of hydrogen-bond acceptors (Lipinski definition) is 5. The van der Waals surface area contributed by atoms with Crippen LogP contribution in [0.3, 0.4) is 0 Å². The lowest BCUT2D eigenvalue weighted by Gasteiger charge is -2.48. The van der Waals surface area contributed by atoms with Crippen LogP contribution in [0.4, 0.5) is 18.9 Å². The minimum atomic E-state index is -1.95. The van der Waals surface area contributed by atoms with Crippen LogP contribution >= 0.6 is 0 Å². The van der Waals surface area contributed by atoms with Gasteiger partial charge < -0.3 is 9.33 Å². The Bertz CT molecular complexity index is 1450. The minimum absolute atomic E-state index is 0.0508. The molecule has 1 aromatic carbocycles. The van der Waals surface area contributed by atoms with Crippen LogP contribution in [0.1, 0.15) is 56.2 Å². The number of hydrogen-bond donors (Lipinski definition) is 0. The van der Waals surface area contributed by atoms with Crippen LogP contribution in [-0.2, 0) is 10.8 Å². The number of Topliss-reactive ketones (excluding diaryl/α,β-unsaturated/α-hetero) is 1. The molecule has 1 unspecified atom stereocenters. The van der Waals surface area contributed by atoms with E-state index < -0.39 is 42.8 Å². The highest BCUT2D eigenvalue weighted by Crippen LogP contribution is 2.41. The number of benzene rings is 1. The van der Waals surface area contributed by atoms with Gasteiger partial charge in [-0.25, -0.2) is 18.2 Å². The second-order valence-electron chi connectivity index (χ2n) is 12.9. The van der Waals surface area contributed by atoms with Crippen molar-refractivity contribution >= 4 is 25.9 Å². The number of carbonyl (C=O) groups is 1. The van der Waals surface area contributed by atoms with E-state index in [1.165, 1.54) is 12.1 Å². The summed E-state index contributed by atoms with van der Waals surface area (Å²) >= 11 is 0. The third kappa shape index (κ3) is 6.52. The second kappa shape index (κ2) is 12.1. The van der Waals surface area contributed by atoms with Crippen molar-refractivity contribution in [3.63, 3.8) is 0 Å². The third-order valence-electron chi connectivity index (χ3n) is 8.61. The van der Waals surface area contributed by atoms with Gasteiger partial charge in [-0.3, -0.25) is 9.78 Å². The van der Waals surface area contributed by atoms with Crippen LogP contribution in [0, 0.1) is 29.3 Å². The Morgan fingerprint density at radius 3 is 2.26 bits per heavy atom. The van der Waals surface area contributed by atoms with Crippen molar-refractivity contribution in [1.82, 2.24) is 9.97 Å². The average Bonchev–Trinajstić information content (AvgIpc) is 2.90. The Balaban J connectivity index is 1.57. The van der Waals surface area contributed by atoms with E-state index in [0.717, 1.165) is 37.0 Å². The summed E-state index contributed by atoms with van der Waals surface area (Å²) in [6.07, 6.45) is 4.72. The molecule has 3 atom stereocenters. The molecule has 3 aromatic rings. The molecule has 0 spiro atoms. The lowest BCUT2D eigenvalue weighted by molar-refractivity contribution is 0.0627. The monoisotopic (exact) mass is 595 g/mol. The molecule has 42 heavy (non-hydrogen) atoms. The van der Waals surface area contributed by atoms with Gasteiger partial charge in [0.2, 0.25) is 0 Å². The highest BCUT2D eigenvalue weighted by Gasteiger charge is 2.43. The van der Waals surface area contributed by atoms with E-state index in [1.54, 1.807) is 12.4 Å². The summed E-state index contributed by atoms with van der Waals surface area (Å²) < 4.78 is 51.0. The highest BCUT2D eigenvalue weighted by molar-refractivity contribution is 6.74. The molecular weight excluding hydrogens is 555 g/mol. The van der Waals surface area contributed by atoms with Crippen molar-refractivity contribution in [3.05, 3.63) is 83.6 Å². The first-order valence-corrected chi connectivity index (χ1v) is 17.2. The average molecular weight is 596 g/mol. The van der Waals surface area contributed by atoms with Crippen LogP contribution in [-0.4, -0.2) is 43.3 Å². The van der Waals surface area contributed by atoms with Crippen LogP contribution in [0.2, 0.25) is 18.1 Å². The Labute approximate surface area is 248 Å². The van der Waals surface area contributed by atoms with Crippen molar-refractivity contribution in [2.24, 2.45) is 11.8 Å². The van der Waals surface area contributed by atoms with Crippen molar-refractivity contribution in [2.75, 3.05) is 18.0 Å². The number of rotatable bonds is 8. The Hall–Kier alpha value is -3.30. The lowest BCUT2D eigenvalue weighted by atomic mass is 9.87. The molecule has 1 saturated heterocycles. The molecule has 0 amide bonds. The van der Waals surface area contributed by atoms with Gasteiger partial charge in [-0.2, -0.15) is 0 Å². The van der Waals surface area contributed by atoms with E-state index in [-0.39, 0.29) is 40.7 Å². The van der Waals surface area contributed by atoms with Gasteiger partial charge in [0, 0.05) is 43.2 Å². The number of ketones is 1. The fourth-order valence-electron chi connectivity index (χ4n) is 5.32. The fraction of sp³-hybridized carbons (Fsp3) is 0.424. The van der Waals surface area contributed by atoms with Crippen LogP contribution < -0.4 is 4.90 Å². The first kappa shape index (κ1) is 31.6. The summed E-state index contributed by atoms with van der Waals surface area (Å²) in [6.45, 7) is 20.7. The van der Waals surface area contributed by atoms with Gasteiger partial charge in [0.1, 0.15) is 28.8 Å². The van der Waals surface area contributed by atoms with E-state index in [0.29, 0.717) is 5.56 Å². The SMILES string of the molecule is C=Cc1cc(F)c(-c2nc(C(=O)Cc3cnccc3N3C[C@@H](C)C(O[Si](C)(C)C(C)(C)C)[C@@H](C)C3)ccc2F)c(F)c1. The highest BCUT2D eigenvalue weighted by atomic mass is 28.4. The predicted molar refractivity (Wildman–Crippen MR) is 165 cm³/mol. The molecule has 1 aliphatic rings. The molecule has 0 saturated carbocycles. The molecule has 0 aliphatic carbocycles. The van der Waals surface area contributed by atoms with Crippen LogP contribution in [0.15, 0.2) is 49.3 Å². The molecular formula is C33H40F3N3O2Si. The molecule has 9 heteroatoms. The molecule has 1 fully saturated rings. The number of anilines is 1. The van der Waals surface area contributed by atoms with Crippen LogP contribution in [0.25, 0.3) is 17.3 Å². The molecule has 224 valence electrons. The lowest BCUT2D eigenvalue weighted by Crippen LogP contribution is -2.54. The van der Waals surface area contributed by atoms with E-state index in [9.17, 15) is 18.0 Å². The molecule has 0 radical (unpaired) electrons. The summed E-state index contributed by atoms with van der Waals surface area (Å²) in [6, 6.07) is 6.24. The van der Waals surface area contributed by atoms with Gasteiger partial charge in [-0.1, -0.05) is 47.3 Å². The van der Waals surface area contributed by atoms with Gasteiger partial charge in [-0.15, -0.1) is 0 Å².